The van der Waals surface area contributed by atoms with E-state index in [1.165, 1.54) is 23.9 Å². The quantitative estimate of drug-likeness (QED) is 0.675. The lowest BCUT2D eigenvalue weighted by Crippen LogP contribution is -2.13. The first-order valence-electron chi connectivity index (χ1n) is 7.92. The molecule has 0 aromatic heterocycles. The Morgan fingerprint density at radius 3 is 2.46 bits per heavy atom. The van der Waals surface area contributed by atoms with Crippen molar-refractivity contribution in [1.82, 2.24) is 0 Å². The molecule has 128 valence electrons. The van der Waals surface area contributed by atoms with Crippen molar-refractivity contribution in [3.05, 3.63) is 89.2 Å². The van der Waals surface area contributed by atoms with Crippen LogP contribution in [-0.2, 0) is 0 Å². The van der Waals surface area contributed by atoms with Gasteiger partial charge in [0.15, 0.2) is 0 Å². The number of nitrogens with one attached hydrogen (secondary N) is 1. The van der Waals surface area contributed by atoms with Crippen molar-refractivity contribution in [2.45, 2.75) is 16.7 Å². The molecule has 0 aliphatic heterocycles. The first-order chi connectivity index (χ1) is 12.6. The predicted octanol–water partition coefficient (Wildman–Crippen LogP) is 5.41. The summed E-state index contributed by atoms with van der Waals surface area (Å²) in [5.74, 6) is -0.623. The SMILES string of the molecule is Cc1cc(F)ccc1NC(=O)c1ccccc1Sc1ccccc1C#N. The molecule has 1 amide bonds. The van der Waals surface area contributed by atoms with Gasteiger partial charge in [0.1, 0.15) is 11.9 Å². The van der Waals surface area contributed by atoms with Gasteiger partial charge in [0, 0.05) is 15.5 Å². The van der Waals surface area contributed by atoms with Crippen LogP contribution in [0.1, 0.15) is 21.5 Å². The smallest absolute Gasteiger partial charge is 0.256 e. The fourth-order valence-electron chi connectivity index (χ4n) is 2.47. The molecule has 0 aliphatic rings. The molecule has 0 unspecified atom stereocenters. The zero-order valence-electron chi connectivity index (χ0n) is 14.0. The van der Waals surface area contributed by atoms with E-state index in [1.54, 1.807) is 37.3 Å². The van der Waals surface area contributed by atoms with Crippen LogP contribution in [0.25, 0.3) is 0 Å². The summed E-state index contributed by atoms with van der Waals surface area (Å²) in [6.07, 6.45) is 0. The van der Waals surface area contributed by atoms with Crippen molar-refractivity contribution in [3.63, 3.8) is 0 Å². The molecule has 0 bridgehead atoms. The number of rotatable bonds is 4. The number of nitrogens with zero attached hydrogens (tertiary/aromatic N) is 1. The van der Waals surface area contributed by atoms with E-state index < -0.39 is 0 Å². The lowest BCUT2D eigenvalue weighted by Gasteiger charge is -2.12. The average molecular weight is 362 g/mol. The van der Waals surface area contributed by atoms with Gasteiger partial charge in [-0.1, -0.05) is 36.0 Å². The molecular formula is C21H15FN2OS. The van der Waals surface area contributed by atoms with Gasteiger partial charge in [-0.2, -0.15) is 5.26 Å². The number of anilines is 1. The van der Waals surface area contributed by atoms with Crippen LogP contribution in [0.5, 0.6) is 0 Å². The zero-order chi connectivity index (χ0) is 18.5. The monoisotopic (exact) mass is 362 g/mol. The third-order valence-corrected chi connectivity index (χ3v) is 4.95. The van der Waals surface area contributed by atoms with Crippen LogP contribution in [0.4, 0.5) is 10.1 Å². The van der Waals surface area contributed by atoms with Crippen LogP contribution >= 0.6 is 11.8 Å². The van der Waals surface area contributed by atoms with Crippen molar-refractivity contribution >= 4 is 23.4 Å². The lowest BCUT2D eigenvalue weighted by atomic mass is 10.1. The zero-order valence-corrected chi connectivity index (χ0v) is 14.8. The summed E-state index contributed by atoms with van der Waals surface area (Å²) in [6.45, 7) is 1.74. The summed E-state index contributed by atoms with van der Waals surface area (Å²) in [7, 11) is 0. The molecule has 0 saturated heterocycles. The summed E-state index contributed by atoms with van der Waals surface area (Å²) in [5, 5.41) is 12.1. The number of hydrogen-bond acceptors (Lipinski definition) is 3. The van der Waals surface area contributed by atoms with E-state index in [2.05, 4.69) is 11.4 Å². The van der Waals surface area contributed by atoms with E-state index >= 15 is 0 Å². The van der Waals surface area contributed by atoms with Crippen LogP contribution in [0, 0.1) is 24.1 Å². The number of nitriles is 1. The van der Waals surface area contributed by atoms with Crippen LogP contribution in [-0.4, -0.2) is 5.91 Å². The van der Waals surface area contributed by atoms with Gasteiger partial charge in [-0.3, -0.25) is 4.79 Å². The summed E-state index contributed by atoms with van der Waals surface area (Å²) in [4.78, 5) is 14.3. The van der Waals surface area contributed by atoms with E-state index in [1.807, 2.05) is 24.3 Å². The minimum atomic E-state index is -0.343. The number of halogens is 1. The van der Waals surface area contributed by atoms with Gasteiger partial charge in [-0.05, 0) is 55.0 Å². The van der Waals surface area contributed by atoms with E-state index in [0.29, 0.717) is 22.4 Å². The molecule has 0 fully saturated rings. The average Bonchev–Trinajstić information content (AvgIpc) is 2.65. The van der Waals surface area contributed by atoms with Gasteiger partial charge in [0.25, 0.3) is 5.91 Å². The molecule has 5 heteroatoms. The molecular weight excluding hydrogens is 347 g/mol. The molecule has 3 nitrogen and oxygen atoms in total. The Labute approximate surface area is 155 Å². The van der Waals surface area contributed by atoms with Crippen molar-refractivity contribution in [2.75, 3.05) is 5.32 Å². The van der Waals surface area contributed by atoms with Crippen molar-refractivity contribution < 1.29 is 9.18 Å². The second-order valence-corrected chi connectivity index (χ2v) is 6.70. The Morgan fingerprint density at radius 2 is 1.73 bits per heavy atom. The molecule has 3 aromatic rings. The highest BCUT2D eigenvalue weighted by Gasteiger charge is 2.14. The molecule has 0 heterocycles. The van der Waals surface area contributed by atoms with E-state index in [-0.39, 0.29) is 11.7 Å². The number of carbonyl (C=O) groups is 1. The van der Waals surface area contributed by atoms with Gasteiger partial charge in [0.2, 0.25) is 0 Å². The molecule has 3 aromatic carbocycles. The molecule has 0 atom stereocenters. The Bertz CT molecular complexity index is 1010. The first kappa shape index (κ1) is 17.7. The highest BCUT2D eigenvalue weighted by molar-refractivity contribution is 7.99. The number of benzene rings is 3. The third kappa shape index (κ3) is 3.93. The second-order valence-electron chi connectivity index (χ2n) is 5.62. The highest BCUT2D eigenvalue weighted by atomic mass is 32.2. The maximum absolute atomic E-state index is 13.2. The predicted molar refractivity (Wildman–Crippen MR) is 101 cm³/mol. The third-order valence-electron chi connectivity index (χ3n) is 3.80. The number of amides is 1. The van der Waals surface area contributed by atoms with Crippen LogP contribution in [0.15, 0.2) is 76.5 Å². The number of aryl methyl sites for hydroxylation is 1. The summed E-state index contributed by atoms with van der Waals surface area (Å²) in [6, 6.07) is 20.8. The van der Waals surface area contributed by atoms with Gasteiger partial charge in [0.05, 0.1) is 11.1 Å². The van der Waals surface area contributed by atoms with Crippen molar-refractivity contribution in [1.29, 1.82) is 5.26 Å². The standard InChI is InChI=1S/C21H15FN2OS/c1-14-12-16(22)10-11-18(14)24-21(25)17-7-3-5-9-20(17)26-19-8-4-2-6-15(19)13-23/h2-12H,1H3,(H,24,25). The fraction of sp³-hybridized carbons (Fsp3) is 0.0476. The van der Waals surface area contributed by atoms with Crippen LogP contribution in [0.3, 0.4) is 0 Å². The summed E-state index contributed by atoms with van der Waals surface area (Å²) in [5.41, 5.74) is 2.27. The van der Waals surface area contributed by atoms with Gasteiger partial charge >= 0.3 is 0 Å². The maximum atomic E-state index is 13.2. The second kappa shape index (κ2) is 7.85. The van der Waals surface area contributed by atoms with Crippen LogP contribution in [0.2, 0.25) is 0 Å². The Morgan fingerprint density at radius 1 is 1.04 bits per heavy atom. The van der Waals surface area contributed by atoms with E-state index in [0.717, 1.165) is 9.79 Å². The summed E-state index contributed by atoms with van der Waals surface area (Å²) >= 11 is 1.37. The Hall–Kier alpha value is -3.10. The van der Waals surface area contributed by atoms with Crippen molar-refractivity contribution in [3.8, 4) is 6.07 Å². The Balaban J connectivity index is 1.89. The van der Waals surface area contributed by atoms with E-state index in [4.69, 9.17) is 0 Å². The Kier molecular flexibility index (Phi) is 5.35. The van der Waals surface area contributed by atoms with Crippen LogP contribution < -0.4 is 5.32 Å². The fourth-order valence-corrected chi connectivity index (χ4v) is 3.49. The summed E-state index contributed by atoms with van der Waals surface area (Å²) < 4.78 is 13.2. The minimum absolute atomic E-state index is 0.280. The topological polar surface area (TPSA) is 52.9 Å². The van der Waals surface area contributed by atoms with E-state index in [9.17, 15) is 14.4 Å². The molecule has 0 spiro atoms. The normalized spacial score (nSPS) is 10.2. The molecule has 0 radical (unpaired) electrons. The highest BCUT2D eigenvalue weighted by Crippen LogP contribution is 2.33. The van der Waals surface area contributed by atoms with Gasteiger partial charge in [-0.15, -0.1) is 0 Å². The van der Waals surface area contributed by atoms with Gasteiger partial charge in [-0.25, -0.2) is 4.39 Å². The maximum Gasteiger partial charge on any atom is 0.256 e. The largest absolute Gasteiger partial charge is 0.322 e. The van der Waals surface area contributed by atoms with Gasteiger partial charge < -0.3 is 5.32 Å². The molecule has 1 N–H and O–H groups in total. The molecule has 3 rings (SSSR count). The lowest BCUT2D eigenvalue weighted by molar-refractivity contribution is 0.102. The molecule has 26 heavy (non-hydrogen) atoms. The number of carbonyl (C=O) groups excluding carboxylic acids is 1. The molecule has 0 aliphatic carbocycles. The first-order valence-corrected chi connectivity index (χ1v) is 8.73. The number of hydrogen-bond donors (Lipinski definition) is 1. The van der Waals surface area contributed by atoms with Crippen molar-refractivity contribution in [2.24, 2.45) is 0 Å². The molecule has 0 saturated carbocycles. The minimum Gasteiger partial charge on any atom is -0.322 e.